The van der Waals surface area contributed by atoms with E-state index in [0.29, 0.717) is 23.0 Å². The molecule has 2 aromatic heterocycles. The minimum absolute atomic E-state index is 0.107. The molecule has 1 fully saturated rings. The monoisotopic (exact) mass is 377 g/mol. The van der Waals surface area contributed by atoms with Gasteiger partial charge in [0.25, 0.3) is 0 Å². The number of benzene rings is 1. The van der Waals surface area contributed by atoms with Gasteiger partial charge in [0.2, 0.25) is 0 Å². The smallest absolute Gasteiger partial charge is 0.339 e. The summed E-state index contributed by atoms with van der Waals surface area (Å²) in [6, 6.07) is 9.43. The van der Waals surface area contributed by atoms with Crippen molar-refractivity contribution in [3.8, 4) is 5.75 Å². The summed E-state index contributed by atoms with van der Waals surface area (Å²) in [5.74, 6) is 0.204. The fourth-order valence-corrected chi connectivity index (χ4v) is 4.64. The van der Waals surface area contributed by atoms with Crippen LogP contribution in [0.1, 0.15) is 68.6 Å². The van der Waals surface area contributed by atoms with Crippen molar-refractivity contribution in [3.63, 3.8) is 0 Å². The van der Waals surface area contributed by atoms with Crippen LogP contribution in [0, 0.1) is 0 Å². The number of phenols is 1. The zero-order valence-corrected chi connectivity index (χ0v) is 16.4. The van der Waals surface area contributed by atoms with E-state index in [1.165, 1.54) is 19.3 Å². The molecule has 0 unspecified atom stereocenters. The third kappa shape index (κ3) is 3.56. The van der Waals surface area contributed by atoms with E-state index < -0.39 is 0 Å². The largest absolute Gasteiger partial charge is 0.507 e. The standard InChI is InChI=1S/C24H27NO3/c1-2-3-8-24(9-4-5-10-24)19-15-21(26)20-14-18(23(27)28-22(20)16-19)13-17-6-11-25-12-7-17/h6-7,11-12,14-16,26H,2-5,8-10,13H2,1H3. The Balaban J connectivity index is 1.75. The van der Waals surface area contributed by atoms with Gasteiger partial charge in [0.1, 0.15) is 11.3 Å². The van der Waals surface area contributed by atoms with Gasteiger partial charge in [-0.25, -0.2) is 4.79 Å². The zero-order chi connectivity index (χ0) is 19.6. The molecule has 1 saturated carbocycles. The van der Waals surface area contributed by atoms with Crippen LogP contribution < -0.4 is 5.63 Å². The summed E-state index contributed by atoms with van der Waals surface area (Å²) in [4.78, 5) is 16.6. The molecule has 4 rings (SSSR count). The lowest BCUT2D eigenvalue weighted by molar-refractivity contribution is 0.387. The average molecular weight is 377 g/mol. The molecule has 0 amide bonds. The molecule has 1 N–H and O–H groups in total. The SMILES string of the molecule is CCCCC1(c2cc(O)c3cc(Cc4ccncc4)c(=O)oc3c2)CCCC1. The van der Waals surface area contributed by atoms with Crippen LogP contribution >= 0.6 is 0 Å². The Bertz CT molecular complexity index is 1020. The summed E-state index contributed by atoms with van der Waals surface area (Å²) in [6.07, 6.45) is 12.1. The number of aromatic nitrogens is 1. The first-order valence-corrected chi connectivity index (χ1v) is 10.3. The molecule has 0 atom stereocenters. The van der Waals surface area contributed by atoms with Crippen molar-refractivity contribution in [1.29, 1.82) is 0 Å². The number of aromatic hydroxyl groups is 1. The average Bonchev–Trinajstić information content (AvgIpc) is 3.18. The summed E-state index contributed by atoms with van der Waals surface area (Å²) in [6.45, 7) is 2.21. The molecule has 1 aliphatic carbocycles. The Hall–Kier alpha value is -2.62. The molecule has 4 heteroatoms. The number of hydrogen-bond donors (Lipinski definition) is 1. The van der Waals surface area contributed by atoms with Gasteiger partial charge in [-0.1, -0.05) is 32.6 Å². The maximum absolute atomic E-state index is 12.6. The van der Waals surface area contributed by atoms with Crippen LogP contribution in [0.25, 0.3) is 11.0 Å². The molecule has 28 heavy (non-hydrogen) atoms. The van der Waals surface area contributed by atoms with Crippen molar-refractivity contribution in [3.05, 3.63) is 69.8 Å². The topological polar surface area (TPSA) is 63.3 Å². The first-order valence-electron chi connectivity index (χ1n) is 10.3. The Kier molecular flexibility index (Phi) is 5.21. The zero-order valence-electron chi connectivity index (χ0n) is 16.4. The molecule has 2 heterocycles. The third-order valence-corrected chi connectivity index (χ3v) is 6.23. The summed E-state index contributed by atoms with van der Waals surface area (Å²) < 4.78 is 5.66. The van der Waals surface area contributed by atoms with Gasteiger partial charge in [-0.05, 0) is 66.1 Å². The lowest BCUT2D eigenvalue weighted by Gasteiger charge is -2.30. The van der Waals surface area contributed by atoms with Crippen molar-refractivity contribution in [1.82, 2.24) is 4.98 Å². The van der Waals surface area contributed by atoms with Crippen LogP contribution in [0.5, 0.6) is 5.75 Å². The Morgan fingerprint density at radius 3 is 2.61 bits per heavy atom. The highest BCUT2D eigenvalue weighted by Gasteiger charge is 2.35. The van der Waals surface area contributed by atoms with Crippen molar-refractivity contribution in [2.45, 2.75) is 63.7 Å². The van der Waals surface area contributed by atoms with E-state index in [2.05, 4.69) is 11.9 Å². The first kappa shape index (κ1) is 18.7. The van der Waals surface area contributed by atoms with Crippen molar-refractivity contribution in [2.75, 3.05) is 0 Å². The molecule has 146 valence electrons. The van der Waals surface area contributed by atoms with Crippen molar-refractivity contribution >= 4 is 11.0 Å². The van der Waals surface area contributed by atoms with E-state index in [4.69, 9.17) is 4.42 Å². The summed E-state index contributed by atoms with van der Waals surface area (Å²) in [5.41, 5.74) is 2.91. The van der Waals surface area contributed by atoms with Gasteiger partial charge in [-0.3, -0.25) is 4.98 Å². The highest BCUT2D eigenvalue weighted by atomic mass is 16.4. The molecule has 0 saturated heterocycles. The molecule has 0 bridgehead atoms. The molecular formula is C24H27NO3. The fraction of sp³-hybridized carbons (Fsp3) is 0.417. The highest BCUT2D eigenvalue weighted by Crippen LogP contribution is 2.46. The van der Waals surface area contributed by atoms with Crippen LogP contribution in [0.15, 0.2) is 51.9 Å². The van der Waals surface area contributed by atoms with Crippen LogP contribution in [0.2, 0.25) is 0 Å². The number of hydrogen-bond acceptors (Lipinski definition) is 4. The number of phenolic OH excluding ortho intramolecular Hbond substituents is 1. The second kappa shape index (κ2) is 7.78. The third-order valence-electron chi connectivity index (χ3n) is 6.23. The lowest BCUT2D eigenvalue weighted by atomic mass is 9.74. The van der Waals surface area contributed by atoms with Gasteiger partial charge in [-0.2, -0.15) is 0 Å². The Labute approximate surface area is 165 Å². The number of nitrogens with zero attached hydrogens (tertiary/aromatic N) is 1. The van der Waals surface area contributed by atoms with E-state index in [0.717, 1.165) is 36.8 Å². The van der Waals surface area contributed by atoms with Crippen LogP contribution in [0.4, 0.5) is 0 Å². The van der Waals surface area contributed by atoms with Gasteiger partial charge in [0, 0.05) is 24.4 Å². The van der Waals surface area contributed by atoms with Gasteiger partial charge in [0.15, 0.2) is 0 Å². The molecule has 1 aliphatic rings. The number of fused-ring (bicyclic) bond motifs is 1. The predicted molar refractivity (Wildman–Crippen MR) is 111 cm³/mol. The molecule has 0 spiro atoms. The lowest BCUT2D eigenvalue weighted by Crippen LogP contribution is -2.22. The Morgan fingerprint density at radius 2 is 1.89 bits per heavy atom. The van der Waals surface area contributed by atoms with Gasteiger partial charge >= 0.3 is 5.63 Å². The van der Waals surface area contributed by atoms with Crippen molar-refractivity contribution < 1.29 is 9.52 Å². The molecule has 1 aromatic carbocycles. The van der Waals surface area contributed by atoms with E-state index in [-0.39, 0.29) is 16.8 Å². The molecule has 4 nitrogen and oxygen atoms in total. The second-order valence-corrected chi connectivity index (χ2v) is 8.09. The number of rotatable bonds is 6. The van der Waals surface area contributed by atoms with Gasteiger partial charge in [0.05, 0.1) is 5.39 Å². The number of pyridine rings is 1. The molecule has 0 radical (unpaired) electrons. The van der Waals surface area contributed by atoms with Crippen LogP contribution in [-0.2, 0) is 11.8 Å². The van der Waals surface area contributed by atoms with Gasteiger partial charge < -0.3 is 9.52 Å². The predicted octanol–water partition coefficient (Wildman–Crippen LogP) is 5.49. The van der Waals surface area contributed by atoms with E-state index in [1.54, 1.807) is 18.5 Å². The quantitative estimate of drug-likeness (QED) is 0.577. The summed E-state index contributed by atoms with van der Waals surface area (Å²) in [7, 11) is 0. The molecular weight excluding hydrogens is 350 g/mol. The van der Waals surface area contributed by atoms with Crippen molar-refractivity contribution in [2.24, 2.45) is 0 Å². The van der Waals surface area contributed by atoms with E-state index >= 15 is 0 Å². The molecule has 0 aliphatic heterocycles. The first-order chi connectivity index (χ1) is 13.6. The number of unbranched alkanes of at least 4 members (excludes halogenated alkanes) is 1. The summed E-state index contributed by atoms with van der Waals surface area (Å²) in [5, 5.41) is 11.4. The molecule has 3 aromatic rings. The maximum Gasteiger partial charge on any atom is 0.339 e. The minimum atomic E-state index is -0.338. The fourth-order valence-electron chi connectivity index (χ4n) is 4.64. The van der Waals surface area contributed by atoms with Gasteiger partial charge in [-0.15, -0.1) is 0 Å². The van der Waals surface area contributed by atoms with Crippen LogP contribution in [-0.4, -0.2) is 10.1 Å². The highest BCUT2D eigenvalue weighted by molar-refractivity contribution is 5.84. The normalized spacial score (nSPS) is 15.9. The van der Waals surface area contributed by atoms with Crippen LogP contribution in [0.3, 0.4) is 0 Å². The maximum atomic E-state index is 12.6. The summed E-state index contributed by atoms with van der Waals surface area (Å²) >= 11 is 0. The minimum Gasteiger partial charge on any atom is -0.507 e. The van der Waals surface area contributed by atoms with E-state index in [1.807, 2.05) is 24.3 Å². The Morgan fingerprint density at radius 1 is 1.14 bits per heavy atom. The van der Waals surface area contributed by atoms with E-state index in [9.17, 15) is 9.90 Å². The second-order valence-electron chi connectivity index (χ2n) is 8.09.